The van der Waals surface area contributed by atoms with Crippen LogP contribution < -0.4 is 10.1 Å². The van der Waals surface area contributed by atoms with Crippen LogP contribution in [0.1, 0.15) is 52.0 Å². The van der Waals surface area contributed by atoms with E-state index in [-0.39, 0.29) is 0 Å². The maximum absolute atomic E-state index is 5.80. The summed E-state index contributed by atoms with van der Waals surface area (Å²) in [5.74, 6) is 2.44. The van der Waals surface area contributed by atoms with E-state index in [4.69, 9.17) is 4.74 Å². The molecule has 116 valence electrons. The number of ether oxygens (including phenoxy) is 1. The minimum atomic E-state index is 0.374. The van der Waals surface area contributed by atoms with Crippen molar-refractivity contribution in [2.45, 2.75) is 57.9 Å². The highest BCUT2D eigenvalue weighted by Crippen LogP contribution is 2.47. The summed E-state index contributed by atoms with van der Waals surface area (Å²) in [6.07, 6.45) is 5.37. The normalized spacial score (nSPS) is 28.5. The van der Waals surface area contributed by atoms with E-state index in [0.29, 0.717) is 11.3 Å². The van der Waals surface area contributed by atoms with Crippen molar-refractivity contribution in [2.24, 2.45) is 11.8 Å². The average Bonchev–Trinajstić information content (AvgIpc) is 3.25. The van der Waals surface area contributed by atoms with Crippen LogP contribution in [0.3, 0.4) is 0 Å². The molecule has 0 saturated heterocycles. The second kappa shape index (κ2) is 6.00. The lowest BCUT2D eigenvalue weighted by Gasteiger charge is -2.47. The van der Waals surface area contributed by atoms with Gasteiger partial charge in [0.05, 0.1) is 6.61 Å². The number of rotatable bonds is 7. The number of benzene rings is 1. The van der Waals surface area contributed by atoms with Gasteiger partial charge in [0, 0.05) is 18.0 Å². The van der Waals surface area contributed by atoms with Crippen LogP contribution in [0.2, 0.25) is 0 Å². The lowest BCUT2D eigenvalue weighted by atomic mass is 9.59. The Morgan fingerprint density at radius 1 is 1.19 bits per heavy atom. The molecule has 2 fully saturated rings. The predicted octanol–water partition coefficient (Wildman–Crippen LogP) is 4.14. The van der Waals surface area contributed by atoms with Gasteiger partial charge in [-0.05, 0) is 55.2 Å². The predicted molar refractivity (Wildman–Crippen MR) is 87.9 cm³/mol. The average molecular weight is 287 g/mol. The Morgan fingerprint density at radius 3 is 2.38 bits per heavy atom. The van der Waals surface area contributed by atoms with Crippen molar-refractivity contribution in [3.8, 4) is 5.75 Å². The van der Waals surface area contributed by atoms with Gasteiger partial charge < -0.3 is 10.1 Å². The number of nitrogens with one attached hydrogen (secondary N) is 1. The molecule has 2 aliphatic rings. The molecule has 0 amide bonds. The Bertz CT molecular complexity index is 455. The fourth-order valence-corrected chi connectivity index (χ4v) is 3.55. The summed E-state index contributed by atoms with van der Waals surface area (Å²) in [6.45, 7) is 8.68. The molecule has 0 bridgehead atoms. The van der Waals surface area contributed by atoms with Gasteiger partial charge in [0.2, 0.25) is 0 Å². The molecule has 21 heavy (non-hydrogen) atoms. The Morgan fingerprint density at radius 2 is 1.86 bits per heavy atom. The van der Waals surface area contributed by atoms with Gasteiger partial charge in [0.1, 0.15) is 5.75 Å². The maximum atomic E-state index is 5.80. The number of hydrogen-bond donors (Lipinski definition) is 1. The zero-order valence-electron chi connectivity index (χ0n) is 13.7. The molecule has 0 heterocycles. The van der Waals surface area contributed by atoms with E-state index in [9.17, 15) is 0 Å². The van der Waals surface area contributed by atoms with Gasteiger partial charge in [-0.3, -0.25) is 0 Å². The van der Waals surface area contributed by atoms with Crippen molar-refractivity contribution in [3.05, 3.63) is 29.8 Å². The van der Waals surface area contributed by atoms with Gasteiger partial charge in [-0.1, -0.05) is 32.9 Å². The van der Waals surface area contributed by atoms with Gasteiger partial charge in [-0.25, -0.2) is 0 Å². The van der Waals surface area contributed by atoms with Crippen LogP contribution in [0.4, 0.5) is 0 Å². The summed E-state index contributed by atoms with van der Waals surface area (Å²) in [5, 5.41) is 3.74. The second-order valence-corrected chi connectivity index (χ2v) is 7.68. The highest BCUT2D eigenvalue weighted by atomic mass is 16.5. The Labute approximate surface area is 129 Å². The molecular weight excluding hydrogens is 258 g/mol. The minimum absolute atomic E-state index is 0.374. The lowest BCUT2D eigenvalue weighted by molar-refractivity contribution is 0.152. The van der Waals surface area contributed by atoms with Crippen molar-refractivity contribution in [2.75, 3.05) is 13.2 Å². The summed E-state index contributed by atoms with van der Waals surface area (Å²) in [4.78, 5) is 0. The molecule has 0 spiro atoms. The Balaban J connectivity index is 1.64. The Kier molecular flexibility index (Phi) is 4.26. The molecule has 0 aromatic heterocycles. The fourth-order valence-electron chi connectivity index (χ4n) is 3.55. The summed E-state index contributed by atoms with van der Waals surface area (Å²) in [6, 6.07) is 9.68. The van der Waals surface area contributed by atoms with Crippen molar-refractivity contribution in [3.63, 3.8) is 0 Å². The molecule has 2 saturated carbocycles. The third-order valence-electron chi connectivity index (χ3n) is 4.83. The first-order valence-electron chi connectivity index (χ1n) is 8.54. The third kappa shape index (κ3) is 3.60. The van der Waals surface area contributed by atoms with E-state index in [2.05, 4.69) is 50.4 Å². The van der Waals surface area contributed by atoms with E-state index < -0.39 is 0 Å². The smallest absolute Gasteiger partial charge is 0.119 e. The topological polar surface area (TPSA) is 21.3 Å². The molecule has 2 heteroatoms. The van der Waals surface area contributed by atoms with Crippen LogP contribution in [0.25, 0.3) is 0 Å². The minimum Gasteiger partial charge on any atom is -0.493 e. The largest absolute Gasteiger partial charge is 0.493 e. The summed E-state index contributed by atoms with van der Waals surface area (Å²) >= 11 is 0. The van der Waals surface area contributed by atoms with E-state index in [1.54, 1.807) is 0 Å². The van der Waals surface area contributed by atoms with Crippen LogP contribution >= 0.6 is 0 Å². The van der Waals surface area contributed by atoms with Crippen molar-refractivity contribution in [1.82, 2.24) is 5.32 Å². The maximum Gasteiger partial charge on any atom is 0.119 e. The summed E-state index contributed by atoms with van der Waals surface area (Å²) in [5.41, 5.74) is 1.86. The van der Waals surface area contributed by atoms with E-state index in [1.165, 1.54) is 31.2 Å². The van der Waals surface area contributed by atoms with Crippen LogP contribution in [0, 0.1) is 11.8 Å². The van der Waals surface area contributed by atoms with Gasteiger partial charge in [-0.2, -0.15) is 0 Å². The van der Waals surface area contributed by atoms with E-state index in [1.807, 2.05) is 0 Å². The van der Waals surface area contributed by atoms with Gasteiger partial charge >= 0.3 is 0 Å². The van der Waals surface area contributed by atoms with Gasteiger partial charge in [0.15, 0.2) is 0 Å². The molecular formula is C19H29NO. The van der Waals surface area contributed by atoms with Crippen molar-refractivity contribution in [1.29, 1.82) is 0 Å². The first-order chi connectivity index (χ1) is 10.1. The van der Waals surface area contributed by atoms with Crippen molar-refractivity contribution < 1.29 is 4.74 Å². The molecule has 1 aromatic carbocycles. The molecule has 0 atom stereocenters. The lowest BCUT2D eigenvalue weighted by Crippen LogP contribution is -2.48. The van der Waals surface area contributed by atoms with Gasteiger partial charge in [-0.15, -0.1) is 0 Å². The summed E-state index contributed by atoms with van der Waals surface area (Å²) in [7, 11) is 0. The highest BCUT2D eigenvalue weighted by Gasteiger charge is 2.43. The zero-order chi connectivity index (χ0) is 14.9. The molecule has 1 N–H and O–H groups in total. The molecule has 3 rings (SSSR count). The van der Waals surface area contributed by atoms with Crippen molar-refractivity contribution >= 4 is 0 Å². The monoisotopic (exact) mass is 287 g/mol. The third-order valence-corrected chi connectivity index (χ3v) is 4.83. The quantitative estimate of drug-likeness (QED) is 0.813. The second-order valence-electron chi connectivity index (χ2n) is 7.68. The Hall–Kier alpha value is -1.02. The van der Waals surface area contributed by atoms with Gasteiger partial charge in [0.25, 0.3) is 0 Å². The van der Waals surface area contributed by atoms with Crippen LogP contribution in [-0.2, 0) is 5.41 Å². The summed E-state index contributed by atoms with van der Waals surface area (Å²) < 4.78 is 5.80. The first-order valence-corrected chi connectivity index (χ1v) is 8.54. The molecule has 2 nitrogen and oxygen atoms in total. The first kappa shape index (κ1) is 14.9. The highest BCUT2D eigenvalue weighted by molar-refractivity contribution is 5.35. The fraction of sp³-hybridized carbons (Fsp3) is 0.684. The van der Waals surface area contributed by atoms with E-state index >= 15 is 0 Å². The molecule has 0 unspecified atom stereocenters. The molecule has 1 aromatic rings. The number of hydrogen-bond acceptors (Lipinski definition) is 2. The molecule has 2 aliphatic carbocycles. The van der Waals surface area contributed by atoms with E-state index in [0.717, 1.165) is 30.9 Å². The molecule has 0 aliphatic heterocycles. The zero-order valence-corrected chi connectivity index (χ0v) is 13.7. The SMILES string of the molecule is CC(C)COc1ccc(C2(CNC3CC3)CC(C)C2)cc1. The van der Waals surface area contributed by atoms with Crippen LogP contribution in [0.5, 0.6) is 5.75 Å². The van der Waals surface area contributed by atoms with Crippen LogP contribution in [0.15, 0.2) is 24.3 Å². The standard InChI is InChI=1S/C19H29NO/c1-14(2)12-21-18-8-4-16(5-9-18)19(10-15(3)11-19)13-20-17-6-7-17/h4-5,8-9,14-15,17,20H,6-7,10-13H2,1-3H3. The van der Waals surface area contributed by atoms with Crippen LogP contribution in [-0.4, -0.2) is 19.2 Å². The molecule has 0 radical (unpaired) electrons.